The van der Waals surface area contributed by atoms with E-state index in [2.05, 4.69) is 0 Å². The summed E-state index contributed by atoms with van der Waals surface area (Å²) in [6.45, 7) is 1.93. The fourth-order valence-electron chi connectivity index (χ4n) is 2.64. The van der Waals surface area contributed by atoms with E-state index in [0.29, 0.717) is 18.4 Å². The van der Waals surface area contributed by atoms with E-state index < -0.39 is 10.1 Å². The third-order valence-electron chi connectivity index (χ3n) is 3.94. The Morgan fingerprint density at radius 1 is 1.08 bits per heavy atom. The van der Waals surface area contributed by atoms with Gasteiger partial charge in [-0.1, -0.05) is 35.9 Å². The normalized spacial score (nSPS) is 16.7. The smallest absolute Gasteiger partial charge is 0.339 e. The van der Waals surface area contributed by atoms with Crippen molar-refractivity contribution in [2.75, 3.05) is 6.61 Å². The molecule has 0 amide bonds. The van der Waals surface area contributed by atoms with Crippen LogP contribution in [0, 0.1) is 6.92 Å². The molecule has 0 bridgehead atoms. The molecule has 0 saturated carbocycles. The second kappa shape index (κ2) is 6.75. The molecule has 24 heavy (non-hydrogen) atoms. The molecule has 1 heterocycles. The largest absolute Gasteiger partial charge is 0.454 e. The quantitative estimate of drug-likeness (QED) is 0.455. The Balaban J connectivity index is 1.54. The first-order valence-electron chi connectivity index (χ1n) is 7.73. The summed E-state index contributed by atoms with van der Waals surface area (Å²) in [5, 5.41) is 0. The van der Waals surface area contributed by atoms with Crippen molar-refractivity contribution in [2.45, 2.75) is 30.8 Å². The first kappa shape index (κ1) is 16.7. The van der Waals surface area contributed by atoms with Crippen molar-refractivity contribution in [3.63, 3.8) is 0 Å². The minimum atomic E-state index is -3.75. The fraction of sp³-hybridized carbons (Fsp3) is 0.278. The number of carbonyl (C=O) groups is 1. The van der Waals surface area contributed by atoms with Gasteiger partial charge in [-0.2, -0.15) is 8.42 Å². The summed E-state index contributed by atoms with van der Waals surface area (Å²) in [6, 6.07) is 13.7. The van der Waals surface area contributed by atoms with Crippen LogP contribution in [0.25, 0.3) is 0 Å². The molecule has 1 aliphatic rings. The molecule has 5 nitrogen and oxygen atoms in total. The Morgan fingerprint density at radius 3 is 2.54 bits per heavy atom. The van der Waals surface area contributed by atoms with Crippen molar-refractivity contribution in [1.29, 1.82) is 0 Å². The SMILES string of the molecule is Cc1ccc(S(=O)(=O)OCCCC2OC(=O)c3ccccc32)cc1. The molecule has 0 aliphatic carbocycles. The molecule has 6 heteroatoms. The summed E-state index contributed by atoms with van der Waals surface area (Å²) in [4.78, 5) is 11.9. The summed E-state index contributed by atoms with van der Waals surface area (Å²) >= 11 is 0. The third kappa shape index (κ3) is 3.49. The maximum absolute atomic E-state index is 12.1. The minimum Gasteiger partial charge on any atom is -0.454 e. The zero-order chi connectivity index (χ0) is 17.2. The van der Waals surface area contributed by atoms with E-state index in [1.54, 1.807) is 24.3 Å². The Hall–Kier alpha value is -2.18. The van der Waals surface area contributed by atoms with Crippen LogP contribution < -0.4 is 0 Å². The van der Waals surface area contributed by atoms with Crippen molar-refractivity contribution in [2.24, 2.45) is 0 Å². The van der Waals surface area contributed by atoms with Crippen molar-refractivity contribution < 1.29 is 22.1 Å². The highest BCUT2D eigenvalue weighted by molar-refractivity contribution is 7.86. The maximum atomic E-state index is 12.1. The van der Waals surface area contributed by atoms with Gasteiger partial charge in [0.05, 0.1) is 17.1 Å². The predicted molar refractivity (Wildman–Crippen MR) is 88.1 cm³/mol. The van der Waals surface area contributed by atoms with Crippen LogP contribution in [0.2, 0.25) is 0 Å². The van der Waals surface area contributed by atoms with E-state index in [1.165, 1.54) is 12.1 Å². The van der Waals surface area contributed by atoms with Crippen LogP contribution >= 0.6 is 0 Å². The molecular weight excluding hydrogens is 328 g/mol. The van der Waals surface area contributed by atoms with Crippen molar-refractivity contribution in [3.05, 3.63) is 65.2 Å². The molecule has 1 aliphatic heterocycles. The standard InChI is InChI=1S/C18H18O5S/c1-13-8-10-14(11-9-13)24(20,21)22-12-4-7-17-15-5-2-3-6-16(15)18(19)23-17/h2-3,5-6,8-11,17H,4,7,12H2,1H3. The van der Waals surface area contributed by atoms with Crippen LogP contribution in [-0.2, 0) is 19.0 Å². The van der Waals surface area contributed by atoms with Gasteiger partial charge >= 0.3 is 5.97 Å². The molecule has 126 valence electrons. The molecular formula is C18H18O5S. The van der Waals surface area contributed by atoms with Gasteiger partial charge in [0.1, 0.15) is 6.10 Å². The van der Waals surface area contributed by atoms with Gasteiger partial charge in [-0.3, -0.25) is 4.18 Å². The Bertz CT molecular complexity index is 840. The topological polar surface area (TPSA) is 69.7 Å². The number of carbonyl (C=O) groups excluding carboxylic acids is 1. The van der Waals surface area contributed by atoms with E-state index in [1.807, 2.05) is 19.1 Å². The molecule has 0 radical (unpaired) electrons. The highest BCUT2D eigenvalue weighted by Gasteiger charge is 2.30. The average molecular weight is 346 g/mol. The number of rotatable bonds is 6. The van der Waals surface area contributed by atoms with Gasteiger partial charge < -0.3 is 4.74 Å². The van der Waals surface area contributed by atoms with Gasteiger partial charge in [0.15, 0.2) is 0 Å². The summed E-state index contributed by atoms with van der Waals surface area (Å²) in [7, 11) is -3.75. The van der Waals surface area contributed by atoms with E-state index >= 15 is 0 Å². The average Bonchev–Trinajstić information content (AvgIpc) is 2.89. The molecule has 2 aromatic carbocycles. The zero-order valence-electron chi connectivity index (χ0n) is 13.3. The van der Waals surface area contributed by atoms with E-state index in [0.717, 1.165) is 11.1 Å². The number of hydrogen-bond donors (Lipinski definition) is 0. The summed E-state index contributed by atoms with van der Waals surface area (Å²) in [5.41, 5.74) is 2.41. The zero-order valence-corrected chi connectivity index (χ0v) is 14.1. The van der Waals surface area contributed by atoms with E-state index in [4.69, 9.17) is 8.92 Å². The van der Waals surface area contributed by atoms with E-state index in [-0.39, 0.29) is 23.6 Å². The van der Waals surface area contributed by atoms with Gasteiger partial charge in [-0.05, 0) is 38.0 Å². The summed E-state index contributed by atoms with van der Waals surface area (Å²) < 4.78 is 34.5. The molecule has 0 aromatic heterocycles. The molecule has 3 rings (SSSR count). The van der Waals surface area contributed by atoms with Gasteiger partial charge in [0.2, 0.25) is 0 Å². The molecule has 0 fully saturated rings. The lowest BCUT2D eigenvalue weighted by Gasteiger charge is -2.11. The highest BCUT2D eigenvalue weighted by Crippen LogP contribution is 2.33. The number of cyclic esters (lactones) is 1. The van der Waals surface area contributed by atoms with Crippen LogP contribution in [0.5, 0.6) is 0 Å². The Labute approximate surface area is 141 Å². The number of esters is 1. The van der Waals surface area contributed by atoms with Crippen LogP contribution in [0.15, 0.2) is 53.4 Å². The lowest BCUT2D eigenvalue weighted by atomic mass is 10.0. The lowest BCUT2D eigenvalue weighted by Crippen LogP contribution is -2.09. The second-order valence-electron chi connectivity index (χ2n) is 5.71. The maximum Gasteiger partial charge on any atom is 0.339 e. The Morgan fingerprint density at radius 2 is 1.79 bits per heavy atom. The molecule has 1 atom stereocenters. The first-order valence-corrected chi connectivity index (χ1v) is 9.14. The summed E-state index contributed by atoms with van der Waals surface area (Å²) in [5.74, 6) is -0.330. The molecule has 2 aromatic rings. The van der Waals surface area contributed by atoms with Crippen molar-refractivity contribution >= 4 is 16.1 Å². The van der Waals surface area contributed by atoms with Gasteiger partial charge in [0.25, 0.3) is 10.1 Å². The van der Waals surface area contributed by atoms with Gasteiger partial charge in [-0.15, -0.1) is 0 Å². The van der Waals surface area contributed by atoms with Crippen LogP contribution in [-0.4, -0.2) is 21.0 Å². The minimum absolute atomic E-state index is 0.0480. The number of aryl methyl sites for hydroxylation is 1. The van der Waals surface area contributed by atoms with Crippen molar-refractivity contribution in [3.8, 4) is 0 Å². The second-order valence-corrected chi connectivity index (χ2v) is 7.33. The highest BCUT2D eigenvalue weighted by atomic mass is 32.2. The first-order chi connectivity index (χ1) is 11.5. The molecule has 1 unspecified atom stereocenters. The van der Waals surface area contributed by atoms with E-state index in [9.17, 15) is 13.2 Å². The molecule has 0 saturated heterocycles. The van der Waals surface area contributed by atoms with Crippen LogP contribution in [0.1, 0.15) is 40.4 Å². The summed E-state index contributed by atoms with van der Waals surface area (Å²) in [6.07, 6.45) is 0.656. The fourth-order valence-corrected chi connectivity index (χ4v) is 3.59. The monoisotopic (exact) mass is 346 g/mol. The number of fused-ring (bicyclic) bond motifs is 1. The van der Waals surface area contributed by atoms with Crippen molar-refractivity contribution in [1.82, 2.24) is 0 Å². The number of ether oxygens (including phenoxy) is 1. The Kier molecular flexibility index (Phi) is 4.69. The number of hydrogen-bond acceptors (Lipinski definition) is 5. The van der Waals surface area contributed by atoms with Gasteiger partial charge in [0, 0.05) is 5.56 Å². The third-order valence-corrected chi connectivity index (χ3v) is 5.26. The van der Waals surface area contributed by atoms with Gasteiger partial charge in [-0.25, -0.2) is 4.79 Å². The molecule has 0 spiro atoms. The molecule has 0 N–H and O–H groups in total. The predicted octanol–water partition coefficient (Wildman–Crippen LogP) is 3.39. The van der Waals surface area contributed by atoms with Crippen LogP contribution in [0.3, 0.4) is 0 Å². The van der Waals surface area contributed by atoms with Crippen LogP contribution in [0.4, 0.5) is 0 Å². The number of benzene rings is 2. The lowest BCUT2D eigenvalue weighted by molar-refractivity contribution is 0.0356.